The van der Waals surface area contributed by atoms with E-state index in [1.165, 1.54) is 11.3 Å². The lowest BCUT2D eigenvalue weighted by Gasteiger charge is -2.39. The summed E-state index contributed by atoms with van der Waals surface area (Å²) in [6.07, 6.45) is 4.07. The molecule has 32 heavy (non-hydrogen) atoms. The topological polar surface area (TPSA) is 101 Å². The third-order valence-electron chi connectivity index (χ3n) is 5.69. The Morgan fingerprint density at radius 3 is 2.66 bits per heavy atom. The first-order valence-electron chi connectivity index (χ1n) is 10.4. The van der Waals surface area contributed by atoms with Gasteiger partial charge in [-0.3, -0.25) is 9.59 Å². The van der Waals surface area contributed by atoms with Crippen LogP contribution in [0.25, 0.3) is 0 Å². The number of carbonyl (C=O) groups is 2. The van der Waals surface area contributed by atoms with Crippen LogP contribution >= 0.6 is 11.3 Å². The molecule has 4 heterocycles. The molecule has 0 bridgehead atoms. The Balaban J connectivity index is 1.09. The molecule has 0 unspecified atom stereocenters. The number of amides is 2. The molecule has 2 fully saturated rings. The Kier molecular flexibility index (Phi) is 5.68. The van der Waals surface area contributed by atoms with E-state index in [-0.39, 0.29) is 23.8 Å². The van der Waals surface area contributed by atoms with Gasteiger partial charge in [-0.2, -0.15) is 10.2 Å². The molecule has 1 N–H and O–H groups in total. The summed E-state index contributed by atoms with van der Waals surface area (Å²) in [5.74, 6) is 0.615. The fraction of sp³-hybridized carbons (Fsp3) is 0.318. The highest BCUT2D eigenvalue weighted by molar-refractivity contribution is 7.07. The number of rotatable bonds is 6. The highest BCUT2D eigenvalue weighted by atomic mass is 32.1. The summed E-state index contributed by atoms with van der Waals surface area (Å²) in [6, 6.07) is 9.25. The van der Waals surface area contributed by atoms with Crippen molar-refractivity contribution in [2.24, 2.45) is 5.92 Å². The number of nitrogens with zero attached hydrogens (tertiary/aromatic N) is 5. The van der Waals surface area contributed by atoms with Gasteiger partial charge in [-0.1, -0.05) is 0 Å². The van der Waals surface area contributed by atoms with Crippen LogP contribution in [-0.2, 0) is 4.79 Å². The molecule has 2 amide bonds. The largest absolute Gasteiger partial charge is 0.489 e. The van der Waals surface area contributed by atoms with E-state index >= 15 is 0 Å². The van der Waals surface area contributed by atoms with Crippen LogP contribution in [0.5, 0.6) is 5.75 Å². The van der Waals surface area contributed by atoms with E-state index < -0.39 is 0 Å². The molecular weight excluding hydrogens is 428 g/mol. The zero-order valence-electron chi connectivity index (χ0n) is 17.3. The molecule has 0 radical (unpaired) electrons. The van der Waals surface area contributed by atoms with Crippen molar-refractivity contribution >= 4 is 34.5 Å². The van der Waals surface area contributed by atoms with Gasteiger partial charge < -0.3 is 19.9 Å². The number of anilines is 2. The number of carbonyl (C=O) groups excluding carboxylic acids is 2. The number of nitrogens with one attached hydrogen (secondary N) is 1. The number of ether oxygens (including phenoxy) is 1. The third-order valence-corrected chi connectivity index (χ3v) is 6.28. The molecule has 2 saturated heterocycles. The third kappa shape index (κ3) is 4.40. The quantitative estimate of drug-likeness (QED) is 0.615. The second-order valence-electron chi connectivity index (χ2n) is 7.87. The van der Waals surface area contributed by atoms with E-state index in [9.17, 15) is 9.59 Å². The smallest absolute Gasteiger partial charge is 0.273 e. The van der Waals surface area contributed by atoms with Crippen LogP contribution < -0.4 is 15.0 Å². The summed E-state index contributed by atoms with van der Waals surface area (Å²) < 4.78 is 6.03. The number of aromatic nitrogens is 3. The number of likely N-dealkylation sites (tertiary alicyclic amines) is 1. The highest BCUT2D eigenvalue weighted by Gasteiger charge is 2.33. The second kappa shape index (κ2) is 8.91. The predicted octanol–water partition coefficient (Wildman–Crippen LogP) is 2.30. The standard InChI is InChI=1S/C22H22N6O3S/c29-21(15-10-28(11-15)17-5-7-24-25-9-17)26-16-1-3-18(4-2-16)31-19-6-8-27(12-19)22(30)20-13-32-14-23-20/h1-5,7,9,13-15,19H,6,8,10-12H2,(H,26,29)/t19-/m1/s1. The molecule has 5 rings (SSSR count). The second-order valence-corrected chi connectivity index (χ2v) is 8.59. The molecule has 1 atom stereocenters. The van der Waals surface area contributed by atoms with Gasteiger partial charge in [0.1, 0.15) is 17.5 Å². The summed E-state index contributed by atoms with van der Waals surface area (Å²) in [5, 5.41) is 12.4. The monoisotopic (exact) mass is 450 g/mol. The van der Waals surface area contributed by atoms with Crippen molar-refractivity contribution in [1.29, 1.82) is 0 Å². The fourth-order valence-electron chi connectivity index (χ4n) is 3.87. The van der Waals surface area contributed by atoms with Crippen molar-refractivity contribution in [2.45, 2.75) is 12.5 Å². The Labute approximate surface area is 189 Å². The van der Waals surface area contributed by atoms with Crippen molar-refractivity contribution < 1.29 is 14.3 Å². The van der Waals surface area contributed by atoms with E-state index in [1.54, 1.807) is 28.2 Å². The van der Waals surface area contributed by atoms with Gasteiger partial charge in [0.25, 0.3) is 5.91 Å². The van der Waals surface area contributed by atoms with Crippen LogP contribution in [0, 0.1) is 5.92 Å². The Bertz CT molecular complexity index is 1070. The zero-order chi connectivity index (χ0) is 21.9. The lowest BCUT2D eigenvalue weighted by Crippen LogP contribution is -2.52. The number of benzene rings is 1. The molecule has 164 valence electrons. The summed E-state index contributed by atoms with van der Waals surface area (Å²) in [4.78, 5) is 32.9. The molecule has 0 spiro atoms. The van der Waals surface area contributed by atoms with Crippen molar-refractivity contribution in [2.75, 3.05) is 36.4 Å². The van der Waals surface area contributed by atoms with Crippen molar-refractivity contribution in [3.05, 3.63) is 59.3 Å². The Hall–Kier alpha value is -3.53. The predicted molar refractivity (Wildman–Crippen MR) is 120 cm³/mol. The van der Waals surface area contributed by atoms with Crippen LogP contribution in [0.1, 0.15) is 16.9 Å². The van der Waals surface area contributed by atoms with E-state index in [2.05, 4.69) is 25.4 Å². The fourth-order valence-corrected chi connectivity index (χ4v) is 4.39. The molecule has 10 heteroatoms. The summed E-state index contributed by atoms with van der Waals surface area (Å²) in [5.41, 5.74) is 3.86. The molecule has 2 aromatic heterocycles. The molecule has 1 aromatic carbocycles. The van der Waals surface area contributed by atoms with Gasteiger partial charge in [-0.25, -0.2) is 4.98 Å². The lowest BCUT2D eigenvalue weighted by atomic mass is 9.98. The van der Waals surface area contributed by atoms with Crippen LogP contribution in [-0.4, -0.2) is 64.2 Å². The first-order valence-corrected chi connectivity index (χ1v) is 11.4. The minimum absolute atomic E-state index is 0.00363. The number of hydrogen-bond acceptors (Lipinski definition) is 8. The maximum Gasteiger partial charge on any atom is 0.273 e. The Morgan fingerprint density at radius 2 is 1.94 bits per heavy atom. The van der Waals surface area contributed by atoms with Gasteiger partial charge in [0.2, 0.25) is 5.91 Å². The normalized spacial score (nSPS) is 18.3. The first kappa shape index (κ1) is 20.4. The maximum absolute atomic E-state index is 12.5. The lowest BCUT2D eigenvalue weighted by molar-refractivity contribution is -0.120. The molecule has 0 saturated carbocycles. The molecule has 2 aliphatic heterocycles. The molecular formula is C22H22N6O3S. The maximum atomic E-state index is 12.5. The van der Waals surface area contributed by atoms with Gasteiger partial charge in [0.05, 0.1) is 36.1 Å². The minimum Gasteiger partial charge on any atom is -0.489 e. The van der Waals surface area contributed by atoms with Crippen LogP contribution in [0.3, 0.4) is 0 Å². The summed E-state index contributed by atoms with van der Waals surface area (Å²) in [6.45, 7) is 2.52. The van der Waals surface area contributed by atoms with E-state index in [4.69, 9.17) is 4.74 Å². The minimum atomic E-state index is -0.0567. The molecule has 9 nitrogen and oxygen atoms in total. The molecule has 0 aliphatic carbocycles. The average molecular weight is 451 g/mol. The van der Waals surface area contributed by atoms with Gasteiger partial charge in [-0.05, 0) is 30.3 Å². The summed E-state index contributed by atoms with van der Waals surface area (Å²) in [7, 11) is 0. The highest BCUT2D eigenvalue weighted by Crippen LogP contribution is 2.25. The first-order chi connectivity index (χ1) is 15.7. The summed E-state index contributed by atoms with van der Waals surface area (Å²) >= 11 is 1.41. The van der Waals surface area contributed by atoms with E-state index in [0.29, 0.717) is 31.9 Å². The van der Waals surface area contributed by atoms with Gasteiger partial charge in [0.15, 0.2) is 0 Å². The van der Waals surface area contributed by atoms with E-state index in [1.807, 2.05) is 30.3 Å². The van der Waals surface area contributed by atoms with E-state index in [0.717, 1.165) is 23.5 Å². The van der Waals surface area contributed by atoms with Gasteiger partial charge in [-0.15, -0.1) is 11.3 Å². The van der Waals surface area contributed by atoms with Crippen molar-refractivity contribution in [1.82, 2.24) is 20.1 Å². The SMILES string of the molecule is O=C(Nc1ccc(O[C@@H]2CCN(C(=O)c3cscn3)C2)cc1)C1CN(c2ccnnc2)C1. The van der Waals surface area contributed by atoms with Crippen molar-refractivity contribution in [3.8, 4) is 5.75 Å². The zero-order valence-corrected chi connectivity index (χ0v) is 18.1. The Morgan fingerprint density at radius 1 is 1.09 bits per heavy atom. The van der Waals surface area contributed by atoms with Crippen LogP contribution in [0.15, 0.2) is 53.6 Å². The van der Waals surface area contributed by atoms with Gasteiger partial charge >= 0.3 is 0 Å². The molecule has 3 aromatic rings. The number of hydrogen-bond donors (Lipinski definition) is 1. The molecule has 2 aliphatic rings. The average Bonchev–Trinajstić information content (AvgIpc) is 3.47. The van der Waals surface area contributed by atoms with Crippen LogP contribution in [0.2, 0.25) is 0 Å². The van der Waals surface area contributed by atoms with Gasteiger partial charge in [0, 0.05) is 37.1 Å². The van der Waals surface area contributed by atoms with Crippen LogP contribution in [0.4, 0.5) is 11.4 Å². The van der Waals surface area contributed by atoms with Crippen molar-refractivity contribution in [3.63, 3.8) is 0 Å². The number of thiazole rings is 1.